The first kappa shape index (κ1) is 30.2. The number of piperidine rings is 1. The van der Waals surface area contributed by atoms with E-state index in [1.54, 1.807) is 40.7 Å². The highest BCUT2D eigenvalue weighted by Crippen LogP contribution is 2.37. The van der Waals surface area contributed by atoms with E-state index in [-0.39, 0.29) is 36.1 Å². The fourth-order valence-electron chi connectivity index (χ4n) is 6.19. The maximum atomic E-state index is 14.3. The molecule has 1 aliphatic carbocycles. The lowest BCUT2D eigenvalue weighted by Crippen LogP contribution is -2.58. The highest BCUT2D eigenvalue weighted by molar-refractivity contribution is 8.15. The zero-order valence-corrected chi connectivity index (χ0v) is 24.5. The van der Waals surface area contributed by atoms with E-state index in [1.165, 1.54) is 24.8 Å². The largest absolute Gasteiger partial charge is 0.353 e. The van der Waals surface area contributed by atoms with Crippen LogP contribution < -0.4 is 9.62 Å². The summed E-state index contributed by atoms with van der Waals surface area (Å²) < 4.78 is 41.9. The van der Waals surface area contributed by atoms with Gasteiger partial charge in [0.25, 0.3) is 0 Å². The number of benzene rings is 2. The zero-order valence-electron chi connectivity index (χ0n) is 23.7. The van der Waals surface area contributed by atoms with Crippen molar-refractivity contribution in [1.29, 1.82) is 5.26 Å². The van der Waals surface area contributed by atoms with Gasteiger partial charge < -0.3 is 5.32 Å². The van der Waals surface area contributed by atoms with Crippen molar-refractivity contribution in [3.8, 4) is 6.07 Å². The van der Waals surface area contributed by atoms with Gasteiger partial charge in [-0.1, -0.05) is 37.5 Å². The molecular formula is C31H43FN4O3S. The Hall–Kier alpha value is -2.80. The average molecular weight is 571 g/mol. The van der Waals surface area contributed by atoms with Crippen molar-refractivity contribution in [1.82, 2.24) is 10.2 Å². The lowest BCUT2D eigenvalue weighted by atomic mass is 9.91. The van der Waals surface area contributed by atoms with Gasteiger partial charge in [-0.3, -0.25) is 18.6 Å². The maximum absolute atomic E-state index is 14.3. The van der Waals surface area contributed by atoms with E-state index < -0.39 is 15.3 Å². The van der Waals surface area contributed by atoms with E-state index in [2.05, 4.69) is 23.2 Å². The van der Waals surface area contributed by atoms with Gasteiger partial charge >= 0.3 is 0 Å². The molecule has 1 aliphatic heterocycles. The summed E-state index contributed by atoms with van der Waals surface area (Å²) in [5.74, 6) is -0.0645. The van der Waals surface area contributed by atoms with Crippen LogP contribution in [0.5, 0.6) is 0 Å². The normalized spacial score (nSPS) is 19.2. The van der Waals surface area contributed by atoms with E-state index in [4.69, 9.17) is 5.26 Å². The number of nitrogens with one attached hydrogen (secondary N) is 1. The van der Waals surface area contributed by atoms with E-state index in [0.717, 1.165) is 57.2 Å². The second kappa shape index (κ2) is 12.8. The Bertz CT molecular complexity index is 1260. The first-order valence-corrected chi connectivity index (χ1v) is 16.9. The Kier molecular flexibility index (Phi) is 9.65. The Labute approximate surface area is 238 Å². The fourth-order valence-corrected chi connectivity index (χ4v) is 9.04. The highest BCUT2D eigenvalue weighted by atomic mass is 32.3. The van der Waals surface area contributed by atoms with Crippen LogP contribution in [0.3, 0.4) is 0 Å². The number of anilines is 1. The van der Waals surface area contributed by atoms with Gasteiger partial charge in [0.1, 0.15) is 5.82 Å². The van der Waals surface area contributed by atoms with Crippen LogP contribution >= 0.6 is 0 Å². The molecule has 4 rings (SSSR count). The summed E-state index contributed by atoms with van der Waals surface area (Å²) in [6.45, 7) is 3.87. The Balaban J connectivity index is 1.37. The summed E-state index contributed by atoms with van der Waals surface area (Å²) in [7, 11) is -4.27. The van der Waals surface area contributed by atoms with Crippen LogP contribution in [0.15, 0.2) is 48.5 Å². The van der Waals surface area contributed by atoms with Crippen molar-refractivity contribution in [3.05, 3.63) is 65.5 Å². The third kappa shape index (κ3) is 8.12. The average Bonchev–Trinajstić information content (AvgIpc) is 2.92. The van der Waals surface area contributed by atoms with Crippen LogP contribution in [0.25, 0.3) is 0 Å². The van der Waals surface area contributed by atoms with Crippen molar-refractivity contribution >= 4 is 21.1 Å². The van der Waals surface area contributed by atoms with Crippen LogP contribution in [0.1, 0.15) is 63.0 Å². The molecule has 2 aromatic rings. The van der Waals surface area contributed by atoms with Gasteiger partial charge in [0.15, 0.2) is 0 Å². The zero-order chi connectivity index (χ0) is 28.8. The summed E-state index contributed by atoms with van der Waals surface area (Å²) in [5.41, 5.74) is 1.88. The Morgan fingerprint density at radius 1 is 1.15 bits per heavy atom. The topological polar surface area (TPSA) is 96.7 Å². The first-order valence-electron chi connectivity index (χ1n) is 14.4. The van der Waals surface area contributed by atoms with Crippen molar-refractivity contribution in [2.75, 3.05) is 35.9 Å². The van der Waals surface area contributed by atoms with Crippen LogP contribution in [-0.2, 0) is 20.7 Å². The fraction of sp³-hybridized carbons (Fsp3) is 0.548. The highest BCUT2D eigenvalue weighted by Gasteiger charge is 2.36. The lowest BCUT2D eigenvalue weighted by molar-refractivity contribution is -0.121. The van der Waals surface area contributed by atoms with Crippen LogP contribution in [0.4, 0.5) is 10.1 Å². The molecule has 2 fully saturated rings. The number of nitriles is 1. The Morgan fingerprint density at radius 2 is 1.82 bits per heavy atom. The maximum Gasteiger partial charge on any atom is 0.224 e. The van der Waals surface area contributed by atoms with Gasteiger partial charge in [-0.25, -0.2) is 4.39 Å². The van der Waals surface area contributed by atoms with Gasteiger partial charge in [0.2, 0.25) is 5.91 Å². The van der Waals surface area contributed by atoms with Crippen molar-refractivity contribution in [3.63, 3.8) is 0 Å². The number of nitrogens with zero attached hydrogens (tertiary/aromatic N) is 3. The third-order valence-electron chi connectivity index (χ3n) is 8.40. The summed E-state index contributed by atoms with van der Waals surface area (Å²) in [6, 6.07) is 15.2. The summed E-state index contributed by atoms with van der Waals surface area (Å²) >= 11 is 0. The molecule has 9 heteroatoms. The molecule has 1 amide bonds. The summed E-state index contributed by atoms with van der Waals surface area (Å²) in [5, 5.41) is 12.1. The molecule has 0 radical (unpaired) electrons. The number of hydrogen-bond donors (Lipinski definition) is 2. The number of amides is 1. The van der Waals surface area contributed by atoms with Crippen LogP contribution in [-0.4, -0.2) is 63.3 Å². The number of likely N-dealkylation sites (tertiary alicyclic amines) is 1. The predicted molar refractivity (Wildman–Crippen MR) is 159 cm³/mol. The first-order chi connectivity index (χ1) is 19.0. The van der Waals surface area contributed by atoms with E-state index >= 15 is 0 Å². The molecule has 2 aromatic carbocycles. The van der Waals surface area contributed by atoms with Gasteiger partial charge in [0, 0.05) is 31.4 Å². The van der Waals surface area contributed by atoms with E-state index in [9.17, 15) is 17.9 Å². The quantitative estimate of drug-likeness (QED) is 0.413. The minimum Gasteiger partial charge on any atom is -0.353 e. The van der Waals surface area contributed by atoms with Gasteiger partial charge in [0.05, 0.1) is 36.0 Å². The van der Waals surface area contributed by atoms with Crippen LogP contribution in [0.2, 0.25) is 0 Å². The molecule has 0 unspecified atom stereocenters. The minimum atomic E-state index is -4.27. The second-order valence-electron chi connectivity index (χ2n) is 11.9. The molecule has 1 heterocycles. The molecule has 2 N–H and O–H groups in total. The molecule has 1 saturated carbocycles. The minimum absolute atomic E-state index is 0.0368. The van der Waals surface area contributed by atoms with Crippen molar-refractivity contribution in [2.24, 2.45) is 5.92 Å². The molecule has 1 atom stereocenters. The van der Waals surface area contributed by atoms with Gasteiger partial charge in [-0.15, -0.1) is 9.53 Å². The molecular weight excluding hydrogens is 527 g/mol. The third-order valence-corrected chi connectivity index (χ3v) is 11.1. The SMILES string of the molecule is C[C@H](CN(c1cccc(F)c1)S(C)(=O)(O)CC1CCCCC1)N1CCC(NC(=O)Cc2ccc(C#N)cc2)CC1. The van der Waals surface area contributed by atoms with E-state index in [0.29, 0.717) is 17.8 Å². The number of halogens is 1. The molecule has 2 aliphatic rings. The van der Waals surface area contributed by atoms with Crippen LogP contribution in [0, 0.1) is 23.1 Å². The summed E-state index contributed by atoms with van der Waals surface area (Å²) in [4.78, 5) is 14.9. The van der Waals surface area contributed by atoms with Gasteiger partial charge in [-0.2, -0.15) is 9.47 Å². The summed E-state index contributed by atoms with van der Waals surface area (Å²) in [6.07, 6.45) is 8.57. The number of hydrogen-bond acceptors (Lipinski definition) is 4. The predicted octanol–water partition coefficient (Wildman–Crippen LogP) is 5.13. The van der Waals surface area contributed by atoms with E-state index in [1.807, 2.05) is 0 Å². The van der Waals surface area contributed by atoms with Crippen molar-refractivity contribution in [2.45, 2.75) is 70.4 Å². The second-order valence-corrected chi connectivity index (χ2v) is 15.5. The van der Waals surface area contributed by atoms with Crippen molar-refractivity contribution < 1.29 is 17.9 Å². The molecule has 0 bridgehead atoms. The molecule has 7 nitrogen and oxygen atoms in total. The number of rotatable bonds is 10. The molecule has 40 heavy (non-hydrogen) atoms. The lowest BCUT2D eigenvalue weighted by Gasteiger charge is -2.53. The molecule has 0 spiro atoms. The number of carbonyl (C=O) groups excluding carboxylic acids is 1. The molecule has 218 valence electrons. The number of carbonyl (C=O) groups is 1. The molecule has 1 saturated heterocycles. The standard InChI is InChI=1S/C31H43FN4O3S/c1-24(35-17-15-29(16-18-35)34-31(37)19-25-11-13-26(21-33)14-12-25)22-36(30-10-6-9-28(32)20-30)40(2,38,39)23-27-7-4-3-5-8-27/h6,9-14,20,24,27,29H,3-5,7-8,15-19,22-23H2,1-2H3,(H,34,37)(H,38,39)/t24-/m1/s1. The Morgan fingerprint density at radius 3 is 2.45 bits per heavy atom. The van der Waals surface area contributed by atoms with Gasteiger partial charge in [-0.05, 0) is 74.4 Å². The molecule has 0 aromatic heterocycles. The smallest absolute Gasteiger partial charge is 0.224 e. The monoisotopic (exact) mass is 570 g/mol.